The van der Waals surface area contributed by atoms with Crippen LogP contribution in [0.2, 0.25) is 0 Å². The van der Waals surface area contributed by atoms with E-state index in [0.717, 1.165) is 12.1 Å². The van der Waals surface area contributed by atoms with E-state index >= 15 is 0 Å². The van der Waals surface area contributed by atoms with Gasteiger partial charge >= 0.3 is 0 Å². The van der Waals surface area contributed by atoms with Gasteiger partial charge in [0.05, 0.1) is 31.0 Å². The summed E-state index contributed by atoms with van der Waals surface area (Å²) in [6.45, 7) is 1.89. The maximum Gasteiger partial charge on any atom is 0.264 e. The van der Waals surface area contributed by atoms with E-state index in [1.807, 2.05) is 15.5 Å². The first kappa shape index (κ1) is 25.4. The summed E-state index contributed by atoms with van der Waals surface area (Å²) in [7, 11) is 3.00. The molecule has 10 heteroatoms. The predicted molar refractivity (Wildman–Crippen MR) is 149 cm³/mol. The van der Waals surface area contributed by atoms with Gasteiger partial charge in [-0.25, -0.2) is 0 Å². The molecule has 0 radical (unpaired) electrons. The fourth-order valence-corrected chi connectivity index (χ4v) is 7.13. The molecule has 2 aromatic carbocycles. The van der Waals surface area contributed by atoms with E-state index in [1.165, 1.54) is 14.2 Å². The fourth-order valence-electron chi connectivity index (χ4n) is 7.13. The van der Waals surface area contributed by atoms with Gasteiger partial charge in [0, 0.05) is 55.8 Å². The largest absolute Gasteiger partial charge is 0.493 e. The van der Waals surface area contributed by atoms with Gasteiger partial charge in [-0.15, -0.1) is 0 Å². The molecular weight excluding hydrogens is 524 g/mol. The molecule has 1 aromatic heterocycles. The highest BCUT2D eigenvalue weighted by molar-refractivity contribution is 6.18. The number of hydrogen-bond donors (Lipinski definition) is 0. The number of para-hydroxylation sites is 1. The minimum Gasteiger partial charge on any atom is -0.493 e. The van der Waals surface area contributed by atoms with Crippen LogP contribution in [0, 0.1) is 5.92 Å². The van der Waals surface area contributed by atoms with Gasteiger partial charge in [0.2, 0.25) is 5.91 Å². The van der Waals surface area contributed by atoms with Crippen molar-refractivity contribution in [2.45, 2.75) is 31.5 Å². The SMILES string of the molecule is COc1ccc2c(c1OC)C(=O)N1c3ccccc3C(=O)N(CCC(=O)N3C[C@H]4C[C@@H](C3)c3cccc(=O)n3C4)[C@H]21. The van der Waals surface area contributed by atoms with Crippen molar-refractivity contribution in [3.05, 3.63) is 87.3 Å². The van der Waals surface area contributed by atoms with Crippen molar-refractivity contribution in [2.24, 2.45) is 5.92 Å². The molecule has 0 aliphatic carbocycles. The van der Waals surface area contributed by atoms with E-state index in [4.69, 9.17) is 9.47 Å². The monoisotopic (exact) mass is 554 g/mol. The van der Waals surface area contributed by atoms with E-state index in [0.29, 0.717) is 53.5 Å². The number of aromatic nitrogens is 1. The smallest absolute Gasteiger partial charge is 0.264 e. The minimum atomic E-state index is -0.702. The Morgan fingerprint density at radius 2 is 1.73 bits per heavy atom. The Kier molecular flexibility index (Phi) is 5.88. The van der Waals surface area contributed by atoms with Gasteiger partial charge in [-0.2, -0.15) is 0 Å². The lowest BCUT2D eigenvalue weighted by Crippen LogP contribution is -2.51. The molecule has 41 heavy (non-hydrogen) atoms. The third-order valence-electron chi connectivity index (χ3n) is 8.88. The van der Waals surface area contributed by atoms with Gasteiger partial charge < -0.3 is 23.8 Å². The average Bonchev–Trinajstić information content (AvgIpc) is 3.29. The first-order valence-corrected chi connectivity index (χ1v) is 13.9. The number of piperidine rings is 1. The lowest BCUT2D eigenvalue weighted by atomic mass is 9.83. The molecule has 4 aliphatic heterocycles. The number of pyridine rings is 1. The second kappa shape index (κ2) is 9.50. The molecule has 2 bridgehead atoms. The van der Waals surface area contributed by atoms with Gasteiger partial charge in [-0.05, 0) is 36.6 Å². The molecule has 10 nitrogen and oxygen atoms in total. The summed E-state index contributed by atoms with van der Waals surface area (Å²) < 4.78 is 12.9. The zero-order valence-corrected chi connectivity index (χ0v) is 22.9. The Balaban J connectivity index is 1.18. The highest BCUT2D eigenvalue weighted by atomic mass is 16.5. The molecule has 3 amide bonds. The van der Waals surface area contributed by atoms with Gasteiger partial charge in [-0.3, -0.25) is 24.1 Å². The number of nitrogens with zero attached hydrogens (tertiary/aromatic N) is 4. The molecule has 3 atom stereocenters. The van der Waals surface area contributed by atoms with Gasteiger partial charge in [0.25, 0.3) is 17.4 Å². The fraction of sp³-hybridized carbons (Fsp3) is 0.355. The molecule has 1 fully saturated rings. The first-order chi connectivity index (χ1) is 19.9. The molecule has 0 spiro atoms. The molecular formula is C31H30N4O6. The molecule has 4 aliphatic rings. The molecule has 1 saturated heterocycles. The highest BCUT2D eigenvalue weighted by Crippen LogP contribution is 2.49. The van der Waals surface area contributed by atoms with E-state index < -0.39 is 6.17 Å². The number of methoxy groups -OCH3 is 2. The van der Waals surface area contributed by atoms with Crippen LogP contribution in [0.4, 0.5) is 5.69 Å². The quantitative estimate of drug-likeness (QED) is 0.481. The van der Waals surface area contributed by atoms with Crippen LogP contribution in [-0.2, 0) is 11.3 Å². The first-order valence-electron chi connectivity index (χ1n) is 13.9. The van der Waals surface area contributed by atoms with Crippen molar-refractivity contribution in [3.8, 4) is 11.5 Å². The zero-order chi connectivity index (χ0) is 28.4. The summed E-state index contributed by atoms with van der Waals surface area (Å²) in [6, 6.07) is 15.9. The van der Waals surface area contributed by atoms with Crippen molar-refractivity contribution >= 4 is 23.4 Å². The van der Waals surface area contributed by atoms with Crippen molar-refractivity contribution in [1.29, 1.82) is 0 Å². The second-order valence-electron chi connectivity index (χ2n) is 11.1. The topological polar surface area (TPSA) is 101 Å². The van der Waals surface area contributed by atoms with Crippen LogP contribution in [0.1, 0.15) is 56.9 Å². The highest BCUT2D eigenvalue weighted by Gasteiger charge is 2.49. The van der Waals surface area contributed by atoms with Gasteiger partial charge in [0.1, 0.15) is 6.17 Å². The Morgan fingerprint density at radius 1 is 0.902 bits per heavy atom. The van der Waals surface area contributed by atoms with E-state index in [9.17, 15) is 19.2 Å². The maximum atomic E-state index is 13.9. The summed E-state index contributed by atoms with van der Waals surface area (Å²) in [5.41, 5.74) is 2.93. The summed E-state index contributed by atoms with van der Waals surface area (Å²) in [5, 5.41) is 0. The number of hydrogen-bond acceptors (Lipinski definition) is 6. The third kappa shape index (κ3) is 3.77. The Morgan fingerprint density at radius 3 is 2.54 bits per heavy atom. The molecule has 0 N–H and O–H groups in total. The summed E-state index contributed by atoms with van der Waals surface area (Å²) in [5.74, 6) is 0.530. The van der Waals surface area contributed by atoms with Gasteiger partial charge in [-0.1, -0.05) is 24.3 Å². The van der Waals surface area contributed by atoms with Crippen LogP contribution in [0.5, 0.6) is 11.5 Å². The number of ether oxygens (including phenoxy) is 2. The molecule has 0 unspecified atom stereocenters. The lowest BCUT2D eigenvalue weighted by molar-refractivity contribution is -0.134. The molecule has 7 rings (SSSR count). The zero-order valence-electron chi connectivity index (χ0n) is 22.9. The normalized spacial score (nSPS) is 22.1. The Hall–Kier alpha value is -4.60. The number of amides is 3. The van der Waals surface area contributed by atoms with E-state index in [-0.39, 0.29) is 48.1 Å². The van der Waals surface area contributed by atoms with Crippen LogP contribution in [-0.4, -0.2) is 65.9 Å². The molecule has 3 aromatic rings. The number of carbonyl (C=O) groups is 3. The summed E-state index contributed by atoms with van der Waals surface area (Å²) in [6.07, 6.45) is 0.373. The standard InChI is InChI=1S/C31H30N4O6/c1-40-24-11-10-21-27(28(24)41-2)31(39)35-23-7-4-3-6-20(23)30(38)33(29(21)35)13-12-25(36)32-15-18-14-19(17-32)22-8-5-9-26(37)34(22)16-18/h3-11,18-19,29H,12-17H2,1-2H3/t18-,19+,29+/m1/s1. The number of anilines is 1. The number of fused-ring (bicyclic) bond motifs is 9. The number of carbonyl (C=O) groups excluding carboxylic acids is 3. The Labute approximate surface area is 236 Å². The van der Waals surface area contributed by atoms with Crippen LogP contribution >= 0.6 is 0 Å². The van der Waals surface area contributed by atoms with Crippen molar-refractivity contribution in [2.75, 3.05) is 38.8 Å². The van der Waals surface area contributed by atoms with Crippen LogP contribution in [0.25, 0.3) is 0 Å². The molecule has 210 valence electrons. The maximum absolute atomic E-state index is 13.9. The minimum absolute atomic E-state index is 0.00562. The number of likely N-dealkylation sites (tertiary alicyclic amines) is 1. The van der Waals surface area contributed by atoms with Gasteiger partial charge in [0.15, 0.2) is 11.5 Å². The van der Waals surface area contributed by atoms with Crippen molar-refractivity contribution in [1.82, 2.24) is 14.4 Å². The van der Waals surface area contributed by atoms with Crippen molar-refractivity contribution in [3.63, 3.8) is 0 Å². The van der Waals surface area contributed by atoms with Crippen LogP contribution < -0.4 is 19.9 Å². The molecule has 0 saturated carbocycles. The third-order valence-corrected chi connectivity index (χ3v) is 8.88. The van der Waals surface area contributed by atoms with Crippen LogP contribution in [0.3, 0.4) is 0 Å². The number of rotatable bonds is 5. The van der Waals surface area contributed by atoms with Crippen LogP contribution in [0.15, 0.2) is 59.4 Å². The molecule has 5 heterocycles. The summed E-state index contributed by atoms with van der Waals surface area (Å²) >= 11 is 0. The summed E-state index contributed by atoms with van der Waals surface area (Å²) in [4.78, 5) is 58.8. The average molecular weight is 555 g/mol. The lowest BCUT2D eigenvalue weighted by Gasteiger charge is -2.43. The number of benzene rings is 2. The van der Waals surface area contributed by atoms with E-state index in [2.05, 4.69) is 0 Å². The van der Waals surface area contributed by atoms with E-state index in [1.54, 1.807) is 58.3 Å². The Bertz CT molecular complexity index is 1660. The second-order valence-corrected chi connectivity index (χ2v) is 11.1. The predicted octanol–water partition coefficient (Wildman–Crippen LogP) is 3.02. The van der Waals surface area contributed by atoms with Crippen molar-refractivity contribution < 1.29 is 23.9 Å².